The number of rotatable bonds is 2. The molecule has 0 bridgehead atoms. The van der Waals surface area contributed by atoms with E-state index in [9.17, 15) is 8.42 Å². The number of hydrogen-bond donors (Lipinski definition) is 0. The molecule has 1 rings (SSSR count). The summed E-state index contributed by atoms with van der Waals surface area (Å²) in [6, 6.07) is 4.45. The summed E-state index contributed by atoms with van der Waals surface area (Å²) in [7, 11) is 1.35. The summed E-state index contributed by atoms with van der Waals surface area (Å²) in [6.07, 6.45) is 0. The third-order valence-electron chi connectivity index (χ3n) is 1.41. The van der Waals surface area contributed by atoms with Crippen LogP contribution in [0, 0.1) is 0 Å². The van der Waals surface area contributed by atoms with Crippen LogP contribution < -0.4 is 0 Å². The molecule has 0 saturated heterocycles. The van der Waals surface area contributed by atoms with Gasteiger partial charge in [0.2, 0.25) is 0 Å². The van der Waals surface area contributed by atoms with Gasteiger partial charge < -0.3 is 0 Å². The lowest BCUT2D eigenvalue weighted by molar-refractivity contribution is 0.609. The standard InChI is InChI=1S/C7H5Cl3O2S/c8-4-5-1-2-6(9)7(3-5)13(10,11)12/h1-3H,4H2. The van der Waals surface area contributed by atoms with E-state index in [2.05, 4.69) is 0 Å². The second-order valence-corrected chi connectivity index (χ2v) is 5.55. The van der Waals surface area contributed by atoms with Crippen molar-refractivity contribution in [2.45, 2.75) is 10.8 Å². The van der Waals surface area contributed by atoms with Gasteiger partial charge in [0.1, 0.15) is 4.90 Å². The molecule has 2 nitrogen and oxygen atoms in total. The van der Waals surface area contributed by atoms with Crippen LogP contribution >= 0.6 is 33.9 Å². The molecular formula is C7H5Cl3O2S. The topological polar surface area (TPSA) is 34.1 Å². The lowest BCUT2D eigenvalue weighted by atomic mass is 10.2. The molecule has 1 aromatic carbocycles. The van der Waals surface area contributed by atoms with Crippen LogP contribution in [0.25, 0.3) is 0 Å². The Morgan fingerprint density at radius 2 is 1.92 bits per heavy atom. The zero-order chi connectivity index (χ0) is 10.1. The van der Waals surface area contributed by atoms with E-state index in [4.69, 9.17) is 33.9 Å². The summed E-state index contributed by atoms with van der Waals surface area (Å²) in [6.45, 7) is 0. The van der Waals surface area contributed by atoms with Crippen molar-refractivity contribution in [3.63, 3.8) is 0 Å². The summed E-state index contributed by atoms with van der Waals surface area (Å²) < 4.78 is 21.9. The molecule has 0 saturated carbocycles. The Balaban J connectivity index is 3.36. The van der Waals surface area contributed by atoms with Crippen LogP contribution in [-0.4, -0.2) is 8.42 Å². The minimum absolute atomic E-state index is 0.101. The molecule has 0 unspecified atom stereocenters. The fraction of sp³-hybridized carbons (Fsp3) is 0.143. The van der Waals surface area contributed by atoms with Crippen LogP contribution in [0.1, 0.15) is 5.56 Å². The molecule has 0 aliphatic rings. The zero-order valence-corrected chi connectivity index (χ0v) is 9.38. The zero-order valence-electron chi connectivity index (χ0n) is 6.30. The first-order valence-electron chi connectivity index (χ1n) is 3.24. The quantitative estimate of drug-likeness (QED) is 0.604. The molecule has 0 atom stereocenters. The molecule has 0 aromatic heterocycles. The molecule has 13 heavy (non-hydrogen) atoms. The first-order chi connectivity index (χ1) is 5.95. The molecule has 6 heteroatoms. The van der Waals surface area contributed by atoms with E-state index in [1.807, 2.05) is 0 Å². The highest BCUT2D eigenvalue weighted by atomic mass is 35.7. The Labute approximate surface area is 90.8 Å². The van der Waals surface area contributed by atoms with E-state index in [-0.39, 0.29) is 15.8 Å². The van der Waals surface area contributed by atoms with Gasteiger partial charge in [0, 0.05) is 16.6 Å². The number of halogens is 3. The van der Waals surface area contributed by atoms with Gasteiger partial charge in [0.05, 0.1) is 5.02 Å². The van der Waals surface area contributed by atoms with Gasteiger partial charge in [-0.25, -0.2) is 8.42 Å². The van der Waals surface area contributed by atoms with Gasteiger partial charge in [-0.1, -0.05) is 17.7 Å². The van der Waals surface area contributed by atoms with Crippen LogP contribution in [0.2, 0.25) is 5.02 Å². The highest BCUT2D eigenvalue weighted by molar-refractivity contribution is 8.13. The predicted molar refractivity (Wildman–Crippen MR) is 54.0 cm³/mol. The highest BCUT2D eigenvalue weighted by Crippen LogP contribution is 2.26. The minimum Gasteiger partial charge on any atom is -0.207 e. The molecule has 1 aromatic rings. The average molecular weight is 260 g/mol. The van der Waals surface area contributed by atoms with Gasteiger partial charge in [-0.15, -0.1) is 11.6 Å². The van der Waals surface area contributed by atoms with Crippen molar-refractivity contribution >= 4 is 42.9 Å². The van der Waals surface area contributed by atoms with Gasteiger partial charge in [-0.05, 0) is 17.7 Å². The Bertz CT molecular complexity index is 414. The third-order valence-corrected chi connectivity index (χ3v) is 3.52. The smallest absolute Gasteiger partial charge is 0.207 e. The third kappa shape index (κ3) is 2.74. The van der Waals surface area contributed by atoms with Crippen LogP contribution in [0.15, 0.2) is 23.1 Å². The number of benzene rings is 1. The maximum Gasteiger partial charge on any atom is 0.262 e. The molecule has 0 aliphatic carbocycles. The van der Waals surface area contributed by atoms with Crippen molar-refractivity contribution in [3.05, 3.63) is 28.8 Å². The van der Waals surface area contributed by atoms with Gasteiger partial charge in [0.15, 0.2) is 0 Å². The van der Waals surface area contributed by atoms with Crippen molar-refractivity contribution in [2.24, 2.45) is 0 Å². The summed E-state index contributed by atoms with van der Waals surface area (Å²) in [5, 5.41) is 0.101. The van der Waals surface area contributed by atoms with Gasteiger partial charge in [-0.2, -0.15) is 0 Å². The Kier molecular flexibility index (Phi) is 3.46. The normalized spacial score (nSPS) is 11.6. The SMILES string of the molecule is O=S(=O)(Cl)c1cc(CCl)ccc1Cl. The monoisotopic (exact) mass is 258 g/mol. The Hall–Kier alpha value is 0.0400. The van der Waals surface area contributed by atoms with E-state index in [0.29, 0.717) is 5.56 Å². The maximum absolute atomic E-state index is 11.0. The van der Waals surface area contributed by atoms with Crippen LogP contribution in [0.3, 0.4) is 0 Å². The number of hydrogen-bond acceptors (Lipinski definition) is 2. The first kappa shape index (κ1) is 11.1. The predicted octanol–water partition coefficient (Wildman–Crippen LogP) is 3.01. The molecule has 0 heterocycles. The molecule has 0 amide bonds. The summed E-state index contributed by atoms with van der Waals surface area (Å²) in [4.78, 5) is -0.103. The minimum atomic E-state index is -3.78. The molecular weight excluding hydrogens is 255 g/mol. The summed E-state index contributed by atoms with van der Waals surface area (Å²) in [5.74, 6) is 0.219. The van der Waals surface area contributed by atoms with E-state index in [1.54, 1.807) is 6.07 Å². The molecule has 72 valence electrons. The summed E-state index contributed by atoms with van der Waals surface area (Å²) >= 11 is 11.2. The van der Waals surface area contributed by atoms with Gasteiger partial charge in [0.25, 0.3) is 9.05 Å². The van der Waals surface area contributed by atoms with E-state index < -0.39 is 9.05 Å². The molecule has 0 radical (unpaired) electrons. The molecule has 0 N–H and O–H groups in total. The molecule has 0 fully saturated rings. The van der Waals surface area contributed by atoms with Gasteiger partial charge in [-0.3, -0.25) is 0 Å². The fourth-order valence-corrected chi connectivity index (χ4v) is 2.50. The maximum atomic E-state index is 11.0. The Morgan fingerprint density at radius 3 is 2.38 bits per heavy atom. The summed E-state index contributed by atoms with van der Waals surface area (Å²) in [5.41, 5.74) is 0.658. The second-order valence-electron chi connectivity index (χ2n) is 2.34. The van der Waals surface area contributed by atoms with Crippen LogP contribution in [0.4, 0.5) is 0 Å². The average Bonchev–Trinajstić information content (AvgIpc) is 2.03. The van der Waals surface area contributed by atoms with Crippen molar-refractivity contribution in [1.29, 1.82) is 0 Å². The highest BCUT2D eigenvalue weighted by Gasteiger charge is 2.14. The van der Waals surface area contributed by atoms with Crippen molar-refractivity contribution in [3.8, 4) is 0 Å². The van der Waals surface area contributed by atoms with E-state index in [0.717, 1.165) is 0 Å². The Morgan fingerprint density at radius 1 is 1.31 bits per heavy atom. The van der Waals surface area contributed by atoms with Crippen molar-refractivity contribution in [1.82, 2.24) is 0 Å². The number of alkyl halides is 1. The molecule has 0 aliphatic heterocycles. The van der Waals surface area contributed by atoms with Crippen LogP contribution in [0.5, 0.6) is 0 Å². The van der Waals surface area contributed by atoms with E-state index in [1.165, 1.54) is 12.1 Å². The lowest BCUT2D eigenvalue weighted by Crippen LogP contribution is -1.93. The van der Waals surface area contributed by atoms with Gasteiger partial charge >= 0.3 is 0 Å². The fourth-order valence-electron chi connectivity index (χ4n) is 0.818. The van der Waals surface area contributed by atoms with Crippen LogP contribution in [-0.2, 0) is 14.9 Å². The van der Waals surface area contributed by atoms with Crippen molar-refractivity contribution in [2.75, 3.05) is 0 Å². The van der Waals surface area contributed by atoms with E-state index >= 15 is 0 Å². The first-order valence-corrected chi connectivity index (χ1v) is 6.46. The lowest BCUT2D eigenvalue weighted by Gasteiger charge is -2.01. The second kappa shape index (κ2) is 4.05. The largest absolute Gasteiger partial charge is 0.262 e. The molecule has 0 spiro atoms. The van der Waals surface area contributed by atoms with Crippen molar-refractivity contribution < 1.29 is 8.42 Å².